The van der Waals surface area contributed by atoms with Crippen LogP contribution >= 0.6 is 0 Å². The molecule has 4 aromatic carbocycles. The van der Waals surface area contributed by atoms with Crippen molar-refractivity contribution in [3.63, 3.8) is 0 Å². The van der Waals surface area contributed by atoms with E-state index >= 15 is 0 Å². The number of nitrogens with zero attached hydrogens (tertiary/aromatic N) is 1. The van der Waals surface area contributed by atoms with Crippen LogP contribution in [0.3, 0.4) is 0 Å². The highest BCUT2D eigenvalue weighted by Crippen LogP contribution is 2.31. The Morgan fingerprint density at radius 3 is 1.77 bits per heavy atom. The van der Waals surface area contributed by atoms with Crippen LogP contribution in [0.25, 0.3) is 22.3 Å². The van der Waals surface area contributed by atoms with Gasteiger partial charge in [0.15, 0.2) is 0 Å². The van der Waals surface area contributed by atoms with E-state index in [9.17, 15) is 27.6 Å². The maximum atomic E-state index is 14.0. The first-order valence-electron chi connectivity index (χ1n) is 15.0. The molecule has 0 spiro atoms. The molecule has 0 heterocycles. The molecule has 10 heteroatoms. The summed E-state index contributed by atoms with van der Waals surface area (Å²) < 4.78 is 49.5. The Kier molecular flexibility index (Phi) is 11.1. The standard InChI is InChI=1S/C37H37F3N2O5/c1-36(2,3)47-35(45)41-22-23-42(32(34(44)46-4)24-25-10-12-27(13-11-25)26-8-6-5-7-9-26)33(43)30-16-14-28(15-17-30)29-18-20-31(21-19-29)37(38,39)40/h5-21,32H,22-24H2,1-4H3,(H,41,45)/t32-/m0/s1. The summed E-state index contributed by atoms with van der Waals surface area (Å²) in [7, 11) is 1.24. The van der Waals surface area contributed by atoms with Gasteiger partial charge in [0.25, 0.3) is 5.91 Å². The number of ether oxygens (including phenoxy) is 2. The molecule has 0 aliphatic heterocycles. The van der Waals surface area contributed by atoms with Gasteiger partial charge in [-0.15, -0.1) is 0 Å². The number of alkyl carbamates (subject to hydrolysis) is 1. The number of halogens is 3. The Bertz CT molecular complexity index is 1650. The smallest absolute Gasteiger partial charge is 0.416 e. The molecule has 47 heavy (non-hydrogen) atoms. The third kappa shape index (κ3) is 9.68. The van der Waals surface area contributed by atoms with Gasteiger partial charge in [0.05, 0.1) is 12.7 Å². The third-order valence-corrected chi connectivity index (χ3v) is 7.30. The highest BCUT2D eigenvalue weighted by Gasteiger charge is 2.32. The number of hydrogen-bond acceptors (Lipinski definition) is 5. The lowest BCUT2D eigenvalue weighted by Gasteiger charge is -2.30. The van der Waals surface area contributed by atoms with Gasteiger partial charge in [0.1, 0.15) is 11.6 Å². The first kappa shape index (κ1) is 34.7. The topological polar surface area (TPSA) is 84.9 Å². The van der Waals surface area contributed by atoms with Gasteiger partial charge >= 0.3 is 18.2 Å². The first-order valence-corrected chi connectivity index (χ1v) is 15.0. The molecule has 2 amide bonds. The number of rotatable bonds is 10. The predicted molar refractivity (Wildman–Crippen MR) is 174 cm³/mol. The fourth-order valence-corrected chi connectivity index (χ4v) is 4.96. The molecule has 0 aromatic heterocycles. The lowest BCUT2D eigenvalue weighted by atomic mass is 9.99. The molecule has 0 radical (unpaired) electrons. The summed E-state index contributed by atoms with van der Waals surface area (Å²) >= 11 is 0. The molecule has 1 N–H and O–H groups in total. The summed E-state index contributed by atoms with van der Waals surface area (Å²) in [4.78, 5) is 40.9. The largest absolute Gasteiger partial charge is 0.467 e. The number of hydrogen-bond donors (Lipinski definition) is 1. The molecule has 4 rings (SSSR count). The quantitative estimate of drug-likeness (QED) is 0.178. The van der Waals surface area contributed by atoms with Crippen molar-refractivity contribution in [2.24, 2.45) is 0 Å². The lowest BCUT2D eigenvalue weighted by molar-refractivity contribution is -0.146. The van der Waals surface area contributed by atoms with Gasteiger partial charge in [0, 0.05) is 25.1 Å². The molecule has 0 saturated carbocycles. The van der Waals surface area contributed by atoms with E-state index in [-0.39, 0.29) is 25.1 Å². The minimum absolute atomic E-state index is 0.00920. The van der Waals surface area contributed by atoms with Gasteiger partial charge in [-0.1, -0.05) is 78.9 Å². The number of alkyl halides is 3. The fourth-order valence-electron chi connectivity index (χ4n) is 4.96. The number of esters is 1. The Morgan fingerprint density at radius 1 is 0.745 bits per heavy atom. The van der Waals surface area contributed by atoms with Gasteiger partial charge in [-0.3, -0.25) is 4.79 Å². The maximum absolute atomic E-state index is 14.0. The van der Waals surface area contributed by atoms with Crippen molar-refractivity contribution in [2.75, 3.05) is 20.2 Å². The van der Waals surface area contributed by atoms with Crippen LogP contribution in [0.2, 0.25) is 0 Å². The number of carbonyl (C=O) groups is 3. The van der Waals surface area contributed by atoms with Crippen molar-refractivity contribution in [2.45, 2.75) is 45.0 Å². The van der Waals surface area contributed by atoms with Gasteiger partial charge in [-0.25, -0.2) is 9.59 Å². The highest BCUT2D eigenvalue weighted by atomic mass is 19.4. The van der Waals surface area contributed by atoms with E-state index in [4.69, 9.17) is 9.47 Å². The van der Waals surface area contributed by atoms with Crippen LogP contribution in [0.1, 0.15) is 42.3 Å². The first-order chi connectivity index (χ1) is 22.2. The summed E-state index contributed by atoms with van der Waals surface area (Å²) in [6.45, 7) is 5.14. The minimum Gasteiger partial charge on any atom is -0.467 e. The van der Waals surface area contributed by atoms with Gasteiger partial charge in [-0.05, 0) is 72.9 Å². The van der Waals surface area contributed by atoms with Crippen LogP contribution in [-0.4, -0.2) is 54.7 Å². The Balaban J connectivity index is 1.59. The number of methoxy groups -OCH3 is 1. The lowest BCUT2D eigenvalue weighted by Crippen LogP contribution is -2.50. The minimum atomic E-state index is -4.45. The van der Waals surface area contributed by atoms with Crippen molar-refractivity contribution < 1.29 is 37.0 Å². The van der Waals surface area contributed by atoms with Crippen molar-refractivity contribution in [1.29, 1.82) is 0 Å². The zero-order valence-corrected chi connectivity index (χ0v) is 26.6. The molecule has 0 aliphatic carbocycles. The van der Waals surface area contributed by atoms with Gasteiger partial charge in [0.2, 0.25) is 0 Å². The Hall–Kier alpha value is -5.12. The molecule has 246 valence electrons. The zero-order chi connectivity index (χ0) is 34.2. The highest BCUT2D eigenvalue weighted by molar-refractivity contribution is 5.97. The predicted octanol–water partition coefficient (Wildman–Crippen LogP) is 7.79. The number of benzene rings is 4. The molecule has 1 atom stereocenters. The van der Waals surface area contributed by atoms with E-state index in [1.165, 1.54) is 24.1 Å². The van der Waals surface area contributed by atoms with E-state index in [0.717, 1.165) is 28.8 Å². The molecule has 4 aromatic rings. The van der Waals surface area contributed by atoms with Crippen molar-refractivity contribution >= 4 is 18.0 Å². The van der Waals surface area contributed by atoms with Crippen LogP contribution in [-0.2, 0) is 26.9 Å². The van der Waals surface area contributed by atoms with E-state index in [1.54, 1.807) is 45.0 Å². The van der Waals surface area contributed by atoms with Gasteiger partial charge in [-0.2, -0.15) is 13.2 Å². The van der Waals surface area contributed by atoms with Crippen molar-refractivity contribution in [3.05, 3.63) is 120 Å². The molecular weight excluding hydrogens is 609 g/mol. The molecule has 0 unspecified atom stereocenters. The summed E-state index contributed by atoms with van der Waals surface area (Å²) in [5.41, 5.74) is 2.72. The maximum Gasteiger partial charge on any atom is 0.416 e. The Morgan fingerprint density at radius 2 is 1.26 bits per heavy atom. The SMILES string of the molecule is COC(=O)[C@H](Cc1ccc(-c2ccccc2)cc1)N(CCNC(=O)OC(C)(C)C)C(=O)c1ccc(-c2ccc(C(F)(F)F)cc2)cc1. The summed E-state index contributed by atoms with van der Waals surface area (Å²) in [6, 6.07) is 27.5. The summed E-state index contributed by atoms with van der Waals surface area (Å²) in [6.07, 6.45) is -4.97. The number of nitrogens with one attached hydrogen (secondary N) is 1. The van der Waals surface area contributed by atoms with Gasteiger partial charge < -0.3 is 19.7 Å². The van der Waals surface area contributed by atoms with E-state index in [2.05, 4.69) is 5.32 Å². The normalized spacial score (nSPS) is 12.1. The molecule has 7 nitrogen and oxygen atoms in total. The van der Waals surface area contributed by atoms with E-state index in [1.807, 2.05) is 54.6 Å². The second-order valence-electron chi connectivity index (χ2n) is 11.9. The number of amides is 2. The third-order valence-electron chi connectivity index (χ3n) is 7.30. The molecule has 0 saturated heterocycles. The van der Waals surface area contributed by atoms with Crippen LogP contribution in [0, 0.1) is 0 Å². The second-order valence-corrected chi connectivity index (χ2v) is 11.9. The summed E-state index contributed by atoms with van der Waals surface area (Å²) in [5.74, 6) is -1.13. The zero-order valence-electron chi connectivity index (χ0n) is 26.6. The van der Waals surface area contributed by atoms with Crippen LogP contribution < -0.4 is 5.32 Å². The second kappa shape index (κ2) is 15.0. The van der Waals surface area contributed by atoms with Crippen LogP contribution in [0.15, 0.2) is 103 Å². The molecular formula is C37H37F3N2O5. The number of carbonyl (C=O) groups excluding carboxylic acids is 3. The average Bonchev–Trinajstić information content (AvgIpc) is 3.05. The van der Waals surface area contributed by atoms with Crippen LogP contribution in [0.5, 0.6) is 0 Å². The van der Waals surface area contributed by atoms with Crippen molar-refractivity contribution in [1.82, 2.24) is 10.2 Å². The monoisotopic (exact) mass is 646 g/mol. The molecule has 0 aliphatic rings. The summed E-state index contributed by atoms with van der Waals surface area (Å²) in [5, 5.41) is 2.64. The van der Waals surface area contributed by atoms with Crippen molar-refractivity contribution in [3.8, 4) is 22.3 Å². The molecule has 0 fully saturated rings. The Labute approximate surface area is 272 Å². The van der Waals surface area contributed by atoms with E-state index in [0.29, 0.717) is 11.1 Å². The average molecular weight is 647 g/mol. The molecule has 0 bridgehead atoms. The van der Waals surface area contributed by atoms with E-state index < -0.39 is 41.4 Å². The fraction of sp³-hybridized carbons (Fsp3) is 0.270. The van der Waals surface area contributed by atoms with Crippen LogP contribution in [0.4, 0.5) is 18.0 Å².